The summed E-state index contributed by atoms with van der Waals surface area (Å²) in [6.07, 6.45) is 0.683. The number of hydrogen-bond donors (Lipinski definition) is 4. The summed E-state index contributed by atoms with van der Waals surface area (Å²) in [6.45, 7) is 8.63. The van der Waals surface area contributed by atoms with Crippen molar-refractivity contribution in [2.24, 2.45) is 5.10 Å². The molecular weight excluding hydrogens is 608 g/mol. The second kappa shape index (κ2) is 17.9. The van der Waals surface area contributed by atoms with Gasteiger partial charge in [0, 0.05) is 24.6 Å². The van der Waals surface area contributed by atoms with Crippen molar-refractivity contribution in [3.05, 3.63) is 121 Å². The number of rotatable bonds is 13. The minimum atomic E-state index is -1.87. The van der Waals surface area contributed by atoms with E-state index in [0.717, 1.165) is 23.8 Å². The summed E-state index contributed by atoms with van der Waals surface area (Å²) in [5.41, 5.74) is -0.553. The lowest BCUT2D eigenvalue weighted by Crippen LogP contribution is -2.67. The molecular formula is C37H42N6O5. The van der Waals surface area contributed by atoms with Gasteiger partial charge in [0.05, 0.1) is 18.9 Å². The van der Waals surface area contributed by atoms with Gasteiger partial charge in [0.2, 0.25) is 5.91 Å². The lowest BCUT2D eigenvalue weighted by Gasteiger charge is -2.31. The predicted molar refractivity (Wildman–Crippen MR) is 188 cm³/mol. The fourth-order valence-corrected chi connectivity index (χ4v) is 4.69. The molecule has 0 spiro atoms. The van der Waals surface area contributed by atoms with Crippen molar-refractivity contribution < 1.29 is 23.9 Å². The molecule has 4 aromatic rings. The van der Waals surface area contributed by atoms with E-state index in [0.29, 0.717) is 42.3 Å². The van der Waals surface area contributed by atoms with Gasteiger partial charge >= 0.3 is 5.91 Å². The fourth-order valence-electron chi connectivity index (χ4n) is 4.69. The van der Waals surface area contributed by atoms with Crippen LogP contribution in [-0.2, 0) is 9.59 Å². The number of carbonyl (C=O) groups is 3. The molecule has 0 bridgehead atoms. The Hall–Kier alpha value is -5.68. The molecule has 11 nitrogen and oxygen atoms in total. The lowest BCUT2D eigenvalue weighted by atomic mass is 10.1. The molecule has 0 radical (unpaired) electrons. The Balaban J connectivity index is 0.000000968. The van der Waals surface area contributed by atoms with E-state index < -0.39 is 23.4 Å². The number of benzene rings is 4. The molecule has 1 unspecified atom stereocenters. The Labute approximate surface area is 281 Å². The Bertz CT molecular complexity index is 1630. The molecule has 0 fully saturated rings. The molecule has 4 aromatic carbocycles. The van der Waals surface area contributed by atoms with Crippen LogP contribution < -0.4 is 35.7 Å². The third-order valence-corrected chi connectivity index (χ3v) is 6.96. The van der Waals surface area contributed by atoms with E-state index in [9.17, 15) is 14.4 Å². The van der Waals surface area contributed by atoms with Gasteiger partial charge in [0.25, 0.3) is 11.6 Å². The van der Waals surface area contributed by atoms with Crippen LogP contribution in [0.3, 0.4) is 0 Å². The second-order valence-corrected chi connectivity index (χ2v) is 10.6. The first kappa shape index (κ1) is 35.2. The first-order chi connectivity index (χ1) is 23.4. The van der Waals surface area contributed by atoms with Crippen LogP contribution in [0.4, 0.5) is 11.4 Å². The van der Waals surface area contributed by atoms with Gasteiger partial charge in [-0.05, 0) is 73.8 Å². The maximum Gasteiger partial charge on any atom is 0.302 e. The summed E-state index contributed by atoms with van der Waals surface area (Å²) in [4.78, 5) is 39.7. The quantitative estimate of drug-likeness (QED) is 0.116. The van der Waals surface area contributed by atoms with Gasteiger partial charge in [-0.15, -0.1) is 5.10 Å². The molecule has 0 aromatic heterocycles. The fraction of sp³-hybridized carbons (Fsp3) is 0.243. The van der Waals surface area contributed by atoms with Crippen molar-refractivity contribution in [3.63, 3.8) is 0 Å². The highest BCUT2D eigenvalue weighted by Crippen LogP contribution is 2.28. The highest BCUT2D eigenvalue weighted by atomic mass is 16.5. The highest BCUT2D eigenvalue weighted by Gasteiger charge is 2.54. The Morgan fingerprint density at radius 2 is 1.29 bits per heavy atom. The van der Waals surface area contributed by atoms with Crippen LogP contribution >= 0.6 is 0 Å². The number of ether oxygens (including phenoxy) is 2. The van der Waals surface area contributed by atoms with Crippen molar-refractivity contribution in [1.29, 1.82) is 0 Å². The Morgan fingerprint density at radius 1 is 0.750 bits per heavy atom. The van der Waals surface area contributed by atoms with Gasteiger partial charge < -0.3 is 30.7 Å². The van der Waals surface area contributed by atoms with E-state index in [1.54, 1.807) is 72.8 Å². The van der Waals surface area contributed by atoms with Crippen molar-refractivity contribution in [1.82, 2.24) is 16.0 Å². The van der Waals surface area contributed by atoms with Gasteiger partial charge in [-0.1, -0.05) is 68.4 Å². The van der Waals surface area contributed by atoms with Crippen molar-refractivity contribution in [2.75, 3.05) is 36.6 Å². The number of nitrogens with one attached hydrogen (secondary N) is 4. The van der Waals surface area contributed by atoms with Gasteiger partial charge in [0.1, 0.15) is 11.5 Å². The molecule has 1 heterocycles. The average Bonchev–Trinajstić information content (AvgIpc) is 3.36. The van der Waals surface area contributed by atoms with Gasteiger partial charge in [-0.25, -0.2) is 0 Å². The number of nitrogens with zero attached hydrogens (tertiary/aromatic N) is 2. The molecule has 1 atom stereocenters. The zero-order valence-corrected chi connectivity index (χ0v) is 27.4. The van der Waals surface area contributed by atoms with Crippen LogP contribution in [0, 0.1) is 0 Å². The SMILES string of the molecule is CC(=O)NC1(Nc2ccccc2)C(=O)N(c2ccccc2)N=C1NC(=O)c1ccc(OCCCOc2ccccc2)cc1.CCNCC. The lowest BCUT2D eigenvalue weighted by molar-refractivity contribution is -0.127. The monoisotopic (exact) mass is 650 g/mol. The van der Waals surface area contributed by atoms with Gasteiger partial charge in [-0.3, -0.25) is 14.4 Å². The Kier molecular flexibility index (Phi) is 13.1. The number of carbonyl (C=O) groups excluding carboxylic acids is 3. The second-order valence-electron chi connectivity index (χ2n) is 10.6. The van der Waals surface area contributed by atoms with Crippen LogP contribution in [0.2, 0.25) is 0 Å². The molecule has 0 saturated carbocycles. The minimum absolute atomic E-state index is 0.0795. The van der Waals surface area contributed by atoms with Crippen LogP contribution in [0.15, 0.2) is 120 Å². The van der Waals surface area contributed by atoms with E-state index in [1.807, 2.05) is 42.5 Å². The third-order valence-electron chi connectivity index (χ3n) is 6.96. The number of amides is 3. The number of hydrogen-bond acceptors (Lipinski definition) is 8. The first-order valence-corrected chi connectivity index (χ1v) is 15.9. The zero-order valence-electron chi connectivity index (χ0n) is 27.4. The average molecular weight is 651 g/mol. The topological polar surface area (TPSA) is 133 Å². The maximum absolute atomic E-state index is 13.9. The van der Waals surface area contributed by atoms with Crippen LogP contribution in [0.5, 0.6) is 11.5 Å². The molecule has 1 aliphatic heterocycles. The standard InChI is InChI=1S/C33H31N5O5.C4H11N/c1-24(39)35-33(36-26-12-5-2-6-13-26)31(37-38(32(33)41)27-14-7-3-8-15-27)34-30(40)25-18-20-29(21-19-25)43-23-11-22-42-28-16-9-4-10-17-28;1-3-5-4-2/h2-10,12-21,36H,11,22-23H2,1H3,(H,35,39)(H,34,37,40);5H,3-4H2,1-2H3. The molecule has 48 heavy (non-hydrogen) atoms. The summed E-state index contributed by atoms with van der Waals surface area (Å²) in [5, 5.41) is 17.3. The molecule has 0 aliphatic carbocycles. The number of hydrazone groups is 1. The largest absolute Gasteiger partial charge is 0.493 e. The number of para-hydroxylation sites is 3. The van der Waals surface area contributed by atoms with Crippen molar-refractivity contribution >= 4 is 34.9 Å². The summed E-state index contributed by atoms with van der Waals surface area (Å²) < 4.78 is 11.5. The molecule has 1 aliphatic rings. The molecule has 4 N–H and O–H groups in total. The molecule has 0 saturated heterocycles. The summed E-state index contributed by atoms with van der Waals surface area (Å²) in [7, 11) is 0. The van der Waals surface area contributed by atoms with Crippen molar-refractivity contribution in [2.45, 2.75) is 32.9 Å². The summed E-state index contributed by atoms with van der Waals surface area (Å²) >= 11 is 0. The van der Waals surface area contributed by atoms with Gasteiger partial charge in [0.15, 0.2) is 5.84 Å². The third kappa shape index (κ3) is 9.66. The molecule has 3 amide bonds. The zero-order chi connectivity index (χ0) is 34.2. The minimum Gasteiger partial charge on any atom is -0.493 e. The Morgan fingerprint density at radius 3 is 1.83 bits per heavy atom. The van der Waals surface area contributed by atoms with Crippen LogP contribution in [0.25, 0.3) is 0 Å². The first-order valence-electron chi connectivity index (χ1n) is 15.9. The van der Waals surface area contributed by atoms with E-state index in [1.165, 1.54) is 6.92 Å². The normalized spacial score (nSPS) is 15.0. The van der Waals surface area contributed by atoms with Crippen LogP contribution in [-0.4, -0.2) is 55.5 Å². The molecule has 250 valence electrons. The van der Waals surface area contributed by atoms with Gasteiger partial charge in [-0.2, -0.15) is 5.01 Å². The summed E-state index contributed by atoms with van der Waals surface area (Å²) in [6, 6.07) is 33.8. The van der Waals surface area contributed by atoms with E-state index in [-0.39, 0.29) is 5.84 Å². The summed E-state index contributed by atoms with van der Waals surface area (Å²) in [5.74, 6) is -0.284. The van der Waals surface area contributed by atoms with E-state index >= 15 is 0 Å². The maximum atomic E-state index is 13.9. The van der Waals surface area contributed by atoms with E-state index in [4.69, 9.17) is 9.47 Å². The van der Waals surface area contributed by atoms with E-state index in [2.05, 4.69) is 40.2 Å². The number of anilines is 2. The van der Waals surface area contributed by atoms with Crippen LogP contribution in [0.1, 0.15) is 37.6 Å². The predicted octanol–water partition coefficient (Wildman–Crippen LogP) is 5.18. The highest BCUT2D eigenvalue weighted by molar-refractivity contribution is 6.28. The molecule has 11 heteroatoms. The number of amidine groups is 1. The van der Waals surface area contributed by atoms with Crippen molar-refractivity contribution in [3.8, 4) is 11.5 Å². The smallest absolute Gasteiger partial charge is 0.302 e. The molecule has 5 rings (SSSR count).